The van der Waals surface area contributed by atoms with Gasteiger partial charge < -0.3 is 5.32 Å². The molecule has 1 aromatic rings. The highest BCUT2D eigenvalue weighted by Gasteiger charge is 2.21. The Morgan fingerprint density at radius 3 is 3.00 bits per heavy atom. The minimum Gasteiger partial charge on any atom is -0.354 e. The second-order valence-electron chi connectivity index (χ2n) is 3.24. The third-order valence-corrected chi connectivity index (χ3v) is 3.93. The van der Waals surface area contributed by atoms with Crippen molar-refractivity contribution < 1.29 is 4.79 Å². The van der Waals surface area contributed by atoms with E-state index in [1.807, 2.05) is 5.38 Å². The summed E-state index contributed by atoms with van der Waals surface area (Å²) in [5, 5.41) is 9.08. The molecule has 1 atom stereocenters. The number of carbonyl (C=O) groups is 1. The van der Waals surface area contributed by atoms with Crippen LogP contribution in [0.4, 0.5) is 0 Å². The van der Waals surface area contributed by atoms with Gasteiger partial charge >= 0.3 is 0 Å². The number of halogens is 2. The molecule has 0 spiro atoms. The van der Waals surface area contributed by atoms with Crippen molar-refractivity contribution in [1.29, 1.82) is 0 Å². The van der Waals surface area contributed by atoms with Gasteiger partial charge in [0.1, 0.15) is 0 Å². The van der Waals surface area contributed by atoms with E-state index in [9.17, 15) is 4.79 Å². The molecular weight excluding hydrogens is 301 g/mol. The van der Waals surface area contributed by atoms with Crippen LogP contribution >= 0.6 is 47.9 Å². The number of nitrogens with zero attached hydrogens (tertiary/aromatic N) is 1. The van der Waals surface area contributed by atoms with Crippen molar-refractivity contribution in [1.82, 2.24) is 15.6 Å². The molecule has 8 heteroatoms. The molecule has 1 aliphatic rings. The molecule has 1 aromatic heterocycles. The first-order chi connectivity index (χ1) is 7.36. The Morgan fingerprint density at radius 2 is 2.41 bits per heavy atom. The van der Waals surface area contributed by atoms with Gasteiger partial charge in [0.05, 0.1) is 11.0 Å². The fourth-order valence-corrected chi connectivity index (χ4v) is 2.92. The summed E-state index contributed by atoms with van der Waals surface area (Å²) >= 11 is 3.38. The number of carbonyl (C=O) groups excluding carboxylic acids is 1. The van der Waals surface area contributed by atoms with Crippen molar-refractivity contribution in [3.05, 3.63) is 16.6 Å². The maximum absolute atomic E-state index is 11.6. The fraction of sp³-hybridized carbons (Fsp3) is 0.556. The second kappa shape index (κ2) is 8.99. The van der Waals surface area contributed by atoms with Crippen molar-refractivity contribution in [2.45, 2.75) is 12.5 Å². The molecule has 2 heterocycles. The molecule has 0 aliphatic carbocycles. The van der Waals surface area contributed by atoms with Gasteiger partial charge in [-0.1, -0.05) is 0 Å². The molecule has 2 N–H and O–H groups in total. The van der Waals surface area contributed by atoms with Gasteiger partial charge in [0.25, 0.3) is 0 Å². The average Bonchev–Trinajstić information content (AvgIpc) is 2.90. The number of hydrogen-bond donors (Lipinski definition) is 2. The van der Waals surface area contributed by atoms with Crippen LogP contribution < -0.4 is 10.6 Å². The standard InChI is InChI=1S/C9H13N3OS2.2ClH/c13-9(7-5-14-6-12-7)11-2-1-8-10-3-4-15-8;;/h3-4,7,12H,1-2,5-6H2,(H,11,13);2*1H. The van der Waals surface area contributed by atoms with Crippen molar-refractivity contribution in [2.24, 2.45) is 0 Å². The maximum Gasteiger partial charge on any atom is 0.238 e. The minimum absolute atomic E-state index is 0. The van der Waals surface area contributed by atoms with Gasteiger partial charge in [0.2, 0.25) is 5.91 Å². The smallest absolute Gasteiger partial charge is 0.238 e. The summed E-state index contributed by atoms with van der Waals surface area (Å²) in [5.41, 5.74) is 0. The molecule has 1 aliphatic heterocycles. The summed E-state index contributed by atoms with van der Waals surface area (Å²) < 4.78 is 0. The van der Waals surface area contributed by atoms with Crippen molar-refractivity contribution in [3.63, 3.8) is 0 Å². The Balaban J connectivity index is 0.00000128. The molecule has 0 saturated carbocycles. The number of thioether (sulfide) groups is 1. The number of rotatable bonds is 4. The van der Waals surface area contributed by atoms with Gasteiger partial charge in [-0.2, -0.15) is 0 Å². The van der Waals surface area contributed by atoms with E-state index in [4.69, 9.17) is 0 Å². The van der Waals surface area contributed by atoms with Gasteiger partial charge in [-0.25, -0.2) is 4.98 Å². The highest BCUT2D eigenvalue weighted by molar-refractivity contribution is 7.99. The lowest BCUT2D eigenvalue weighted by atomic mass is 10.3. The average molecular weight is 316 g/mol. The van der Waals surface area contributed by atoms with E-state index in [0.717, 1.165) is 23.1 Å². The monoisotopic (exact) mass is 315 g/mol. The zero-order valence-corrected chi connectivity index (χ0v) is 12.3. The quantitative estimate of drug-likeness (QED) is 0.879. The summed E-state index contributed by atoms with van der Waals surface area (Å²) in [6.45, 7) is 0.676. The van der Waals surface area contributed by atoms with Crippen LogP contribution in [0, 0.1) is 0 Å². The van der Waals surface area contributed by atoms with E-state index < -0.39 is 0 Å². The maximum atomic E-state index is 11.6. The summed E-state index contributed by atoms with van der Waals surface area (Å²) in [6.07, 6.45) is 2.61. The number of aromatic nitrogens is 1. The molecule has 1 saturated heterocycles. The zero-order chi connectivity index (χ0) is 10.5. The Bertz CT molecular complexity index is 318. The van der Waals surface area contributed by atoms with E-state index >= 15 is 0 Å². The molecule has 0 bridgehead atoms. The van der Waals surface area contributed by atoms with Crippen molar-refractivity contribution in [3.8, 4) is 0 Å². The van der Waals surface area contributed by atoms with E-state index in [2.05, 4.69) is 15.6 Å². The first-order valence-corrected chi connectivity index (χ1v) is 6.87. The summed E-state index contributed by atoms with van der Waals surface area (Å²) in [6, 6.07) is -0.00806. The summed E-state index contributed by atoms with van der Waals surface area (Å²) in [7, 11) is 0. The molecule has 1 amide bonds. The molecular formula is C9H15Cl2N3OS2. The Hall–Kier alpha value is -0.0100. The summed E-state index contributed by atoms with van der Waals surface area (Å²) in [5.74, 6) is 1.87. The SMILES string of the molecule is Cl.Cl.O=C(NCCc1nccs1)C1CSCN1. The molecule has 0 aromatic carbocycles. The summed E-state index contributed by atoms with van der Waals surface area (Å²) in [4.78, 5) is 15.7. The van der Waals surface area contributed by atoms with E-state index in [1.165, 1.54) is 0 Å². The lowest BCUT2D eigenvalue weighted by Crippen LogP contribution is -2.42. The number of thiazole rings is 1. The highest BCUT2D eigenvalue weighted by atomic mass is 35.5. The highest BCUT2D eigenvalue weighted by Crippen LogP contribution is 2.09. The lowest BCUT2D eigenvalue weighted by Gasteiger charge is -2.09. The van der Waals surface area contributed by atoms with Crippen LogP contribution in [0.15, 0.2) is 11.6 Å². The van der Waals surface area contributed by atoms with Crippen molar-refractivity contribution >= 4 is 53.8 Å². The first kappa shape index (κ1) is 17.0. The largest absolute Gasteiger partial charge is 0.354 e. The Kier molecular flexibility index (Phi) is 8.99. The predicted octanol–water partition coefficient (Wildman–Crippen LogP) is 1.31. The first-order valence-electron chi connectivity index (χ1n) is 4.83. The Labute approximate surface area is 121 Å². The van der Waals surface area contributed by atoms with E-state index in [-0.39, 0.29) is 36.8 Å². The molecule has 17 heavy (non-hydrogen) atoms. The van der Waals surface area contributed by atoms with Gasteiger partial charge in [-0.3, -0.25) is 10.1 Å². The number of hydrogen-bond acceptors (Lipinski definition) is 5. The molecule has 2 rings (SSSR count). The van der Waals surface area contributed by atoms with Gasteiger partial charge in [0.15, 0.2) is 0 Å². The predicted molar refractivity (Wildman–Crippen MR) is 77.6 cm³/mol. The molecule has 1 unspecified atom stereocenters. The van der Waals surface area contributed by atoms with Crippen LogP contribution in [0.1, 0.15) is 5.01 Å². The molecule has 1 fully saturated rings. The Morgan fingerprint density at radius 1 is 1.59 bits per heavy atom. The lowest BCUT2D eigenvalue weighted by molar-refractivity contribution is -0.122. The zero-order valence-electron chi connectivity index (χ0n) is 9.05. The topological polar surface area (TPSA) is 54.0 Å². The van der Waals surface area contributed by atoms with Gasteiger partial charge in [-0.05, 0) is 0 Å². The number of amides is 1. The van der Waals surface area contributed by atoms with Crippen LogP contribution in [0.3, 0.4) is 0 Å². The van der Waals surface area contributed by atoms with Crippen LogP contribution in [-0.4, -0.2) is 35.1 Å². The number of nitrogens with one attached hydrogen (secondary N) is 2. The van der Waals surface area contributed by atoms with Crippen LogP contribution in [0.5, 0.6) is 0 Å². The normalized spacial score (nSPS) is 18.0. The third-order valence-electron chi connectivity index (χ3n) is 2.15. The van der Waals surface area contributed by atoms with Gasteiger partial charge in [0, 0.05) is 36.2 Å². The molecule has 0 radical (unpaired) electrons. The van der Waals surface area contributed by atoms with E-state index in [1.54, 1.807) is 29.3 Å². The van der Waals surface area contributed by atoms with Crippen LogP contribution in [-0.2, 0) is 11.2 Å². The molecule has 98 valence electrons. The van der Waals surface area contributed by atoms with Gasteiger partial charge in [-0.15, -0.1) is 47.9 Å². The van der Waals surface area contributed by atoms with Crippen LogP contribution in [0.25, 0.3) is 0 Å². The second-order valence-corrected chi connectivity index (χ2v) is 5.25. The minimum atomic E-state index is -0.00806. The fourth-order valence-electron chi connectivity index (χ4n) is 1.36. The molecule has 4 nitrogen and oxygen atoms in total. The van der Waals surface area contributed by atoms with Crippen LogP contribution in [0.2, 0.25) is 0 Å². The third kappa shape index (κ3) is 5.44. The van der Waals surface area contributed by atoms with E-state index in [0.29, 0.717) is 6.54 Å². The van der Waals surface area contributed by atoms with Crippen molar-refractivity contribution in [2.75, 3.05) is 18.2 Å².